The van der Waals surface area contributed by atoms with Crippen LogP contribution in [0.4, 0.5) is 4.39 Å². The van der Waals surface area contributed by atoms with Gasteiger partial charge in [-0.15, -0.1) is 11.3 Å². The first-order valence-electron chi connectivity index (χ1n) is 6.81. The third-order valence-corrected chi connectivity index (χ3v) is 6.45. The molecule has 2 rings (SSSR count). The lowest BCUT2D eigenvalue weighted by molar-refractivity contribution is -0.120. The molecule has 0 aliphatic carbocycles. The topological polar surface area (TPSA) is 66.5 Å². The quantitative estimate of drug-likeness (QED) is 0.861. The SMILES string of the molecule is CN(C)S(=O)(=O)c1ccc(CNC(=O)Cc2cccc(F)c2)s1. The van der Waals surface area contributed by atoms with Crippen molar-refractivity contribution in [3.63, 3.8) is 0 Å². The Morgan fingerprint density at radius 3 is 2.65 bits per heavy atom. The van der Waals surface area contributed by atoms with Crippen LogP contribution in [0.1, 0.15) is 10.4 Å². The molecule has 0 fully saturated rings. The molecule has 1 aromatic carbocycles. The molecule has 1 amide bonds. The van der Waals surface area contributed by atoms with Crippen molar-refractivity contribution in [2.24, 2.45) is 0 Å². The Kier molecular flexibility index (Phi) is 5.51. The molecule has 0 unspecified atom stereocenters. The molecule has 0 aliphatic rings. The predicted octanol–water partition coefficient (Wildman–Crippen LogP) is 2.00. The van der Waals surface area contributed by atoms with E-state index in [1.807, 2.05) is 0 Å². The number of amides is 1. The van der Waals surface area contributed by atoms with E-state index in [9.17, 15) is 17.6 Å². The highest BCUT2D eigenvalue weighted by Crippen LogP contribution is 2.23. The van der Waals surface area contributed by atoms with Gasteiger partial charge in [-0.1, -0.05) is 12.1 Å². The molecule has 1 N–H and O–H groups in total. The normalized spacial score (nSPS) is 11.7. The van der Waals surface area contributed by atoms with Crippen LogP contribution < -0.4 is 5.32 Å². The second-order valence-electron chi connectivity index (χ2n) is 5.09. The minimum Gasteiger partial charge on any atom is -0.351 e. The highest BCUT2D eigenvalue weighted by atomic mass is 32.2. The molecule has 0 saturated carbocycles. The van der Waals surface area contributed by atoms with Crippen LogP contribution in [0.5, 0.6) is 0 Å². The summed E-state index contributed by atoms with van der Waals surface area (Å²) >= 11 is 1.11. The van der Waals surface area contributed by atoms with Gasteiger partial charge in [0.25, 0.3) is 10.0 Å². The number of carbonyl (C=O) groups is 1. The summed E-state index contributed by atoms with van der Waals surface area (Å²) in [6.45, 7) is 0.238. The molecular formula is C15H17FN2O3S2. The zero-order valence-corrected chi connectivity index (χ0v) is 14.4. The maximum absolute atomic E-state index is 13.1. The van der Waals surface area contributed by atoms with Crippen molar-refractivity contribution >= 4 is 27.3 Å². The van der Waals surface area contributed by atoms with Crippen LogP contribution in [-0.2, 0) is 27.8 Å². The van der Waals surface area contributed by atoms with E-state index >= 15 is 0 Å². The van der Waals surface area contributed by atoms with Gasteiger partial charge in [-0.2, -0.15) is 0 Å². The molecule has 1 aromatic heterocycles. The van der Waals surface area contributed by atoms with Crippen molar-refractivity contribution in [2.45, 2.75) is 17.2 Å². The maximum Gasteiger partial charge on any atom is 0.252 e. The number of halogens is 1. The highest BCUT2D eigenvalue weighted by molar-refractivity contribution is 7.91. The summed E-state index contributed by atoms with van der Waals surface area (Å²) in [5.74, 6) is -0.631. The van der Waals surface area contributed by atoms with Crippen LogP contribution in [0, 0.1) is 5.82 Å². The first-order valence-corrected chi connectivity index (χ1v) is 9.07. The standard InChI is InChI=1S/C15H17FN2O3S2/c1-18(2)23(20,21)15-7-6-13(22-15)10-17-14(19)9-11-4-3-5-12(16)8-11/h3-8H,9-10H2,1-2H3,(H,17,19). The van der Waals surface area contributed by atoms with Crippen LogP contribution in [0.15, 0.2) is 40.6 Å². The summed E-state index contributed by atoms with van der Waals surface area (Å²) in [6.07, 6.45) is 0.0754. The van der Waals surface area contributed by atoms with Gasteiger partial charge in [0.2, 0.25) is 5.91 Å². The number of nitrogens with zero attached hydrogens (tertiary/aromatic N) is 1. The number of hydrogen-bond acceptors (Lipinski definition) is 4. The van der Waals surface area contributed by atoms with E-state index in [0.29, 0.717) is 5.56 Å². The summed E-state index contributed by atoms with van der Waals surface area (Å²) < 4.78 is 38.4. The number of thiophene rings is 1. The Balaban J connectivity index is 1.94. The monoisotopic (exact) mass is 356 g/mol. The van der Waals surface area contributed by atoms with Crippen LogP contribution in [0.25, 0.3) is 0 Å². The number of nitrogens with one attached hydrogen (secondary N) is 1. The molecule has 0 bridgehead atoms. The molecule has 8 heteroatoms. The second-order valence-corrected chi connectivity index (χ2v) is 8.64. The molecule has 124 valence electrons. The number of carbonyl (C=O) groups excluding carboxylic acids is 1. The molecule has 0 radical (unpaired) electrons. The first kappa shape index (κ1) is 17.6. The van der Waals surface area contributed by atoms with Gasteiger partial charge < -0.3 is 5.32 Å². The van der Waals surface area contributed by atoms with Crippen LogP contribution >= 0.6 is 11.3 Å². The maximum atomic E-state index is 13.1. The van der Waals surface area contributed by atoms with Gasteiger partial charge in [-0.3, -0.25) is 4.79 Å². The van der Waals surface area contributed by atoms with Crippen molar-refractivity contribution in [1.29, 1.82) is 0 Å². The fraction of sp³-hybridized carbons (Fsp3) is 0.267. The van der Waals surface area contributed by atoms with Gasteiger partial charge in [-0.05, 0) is 29.8 Å². The number of sulfonamides is 1. The zero-order chi connectivity index (χ0) is 17.0. The lowest BCUT2D eigenvalue weighted by Gasteiger charge is -2.08. The van der Waals surface area contributed by atoms with Gasteiger partial charge in [-0.25, -0.2) is 17.1 Å². The van der Waals surface area contributed by atoms with E-state index in [-0.39, 0.29) is 28.9 Å². The van der Waals surface area contributed by atoms with Gasteiger partial charge in [0.05, 0.1) is 13.0 Å². The first-order chi connectivity index (χ1) is 10.8. The van der Waals surface area contributed by atoms with Gasteiger partial charge >= 0.3 is 0 Å². The van der Waals surface area contributed by atoms with Crippen molar-refractivity contribution in [1.82, 2.24) is 9.62 Å². The number of rotatable bonds is 6. The molecule has 1 heterocycles. The van der Waals surface area contributed by atoms with Gasteiger partial charge in [0.15, 0.2) is 0 Å². The van der Waals surface area contributed by atoms with Crippen molar-refractivity contribution in [3.8, 4) is 0 Å². The Bertz CT molecular complexity index is 801. The Hall–Kier alpha value is -1.77. The molecule has 0 atom stereocenters. The zero-order valence-electron chi connectivity index (χ0n) is 12.7. The average Bonchev–Trinajstić information content (AvgIpc) is 2.94. The molecule has 0 saturated heterocycles. The van der Waals surface area contributed by atoms with E-state index in [1.54, 1.807) is 18.2 Å². The predicted molar refractivity (Wildman–Crippen MR) is 87.1 cm³/mol. The largest absolute Gasteiger partial charge is 0.351 e. The Morgan fingerprint density at radius 1 is 1.26 bits per heavy atom. The smallest absolute Gasteiger partial charge is 0.252 e. The minimum atomic E-state index is -3.45. The summed E-state index contributed by atoms with van der Waals surface area (Å²) in [4.78, 5) is 12.6. The summed E-state index contributed by atoms with van der Waals surface area (Å²) in [5.41, 5.74) is 0.588. The van der Waals surface area contributed by atoms with Gasteiger partial charge in [0, 0.05) is 19.0 Å². The highest BCUT2D eigenvalue weighted by Gasteiger charge is 2.19. The second kappa shape index (κ2) is 7.20. The van der Waals surface area contributed by atoms with Crippen molar-refractivity contribution in [2.75, 3.05) is 14.1 Å². The Morgan fingerprint density at radius 2 is 2.00 bits per heavy atom. The molecule has 0 aliphatic heterocycles. The molecular weight excluding hydrogens is 339 g/mol. The summed E-state index contributed by atoms with van der Waals surface area (Å²) in [7, 11) is -0.515. The van der Waals surface area contributed by atoms with E-state index in [0.717, 1.165) is 20.5 Å². The van der Waals surface area contributed by atoms with Gasteiger partial charge in [0.1, 0.15) is 10.0 Å². The molecule has 5 nitrogen and oxygen atoms in total. The molecule has 2 aromatic rings. The van der Waals surface area contributed by atoms with E-state index in [4.69, 9.17) is 0 Å². The van der Waals surface area contributed by atoms with E-state index in [2.05, 4.69) is 5.32 Å². The van der Waals surface area contributed by atoms with E-state index in [1.165, 1.54) is 32.3 Å². The summed E-state index contributed by atoms with van der Waals surface area (Å²) in [6, 6.07) is 9.05. The van der Waals surface area contributed by atoms with Crippen LogP contribution in [0.3, 0.4) is 0 Å². The van der Waals surface area contributed by atoms with Crippen molar-refractivity contribution in [3.05, 3.63) is 52.7 Å². The fourth-order valence-corrected chi connectivity index (χ4v) is 4.32. The third-order valence-electron chi connectivity index (χ3n) is 3.09. The lowest BCUT2D eigenvalue weighted by atomic mass is 10.1. The fourth-order valence-electron chi connectivity index (χ4n) is 1.85. The average molecular weight is 356 g/mol. The molecule has 0 spiro atoms. The summed E-state index contributed by atoms with van der Waals surface area (Å²) in [5, 5.41) is 2.70. The van der Waals surface area contributed by atoms with Crippen molar-refractivity contribution < 1.29 is 17.6 Å². The number of benzene rings is 1. The van der Waals surface area contributed by atoms with Crippen LogP contribution in [0.2, 0.25) is 0 Å². The minimum absolute atomic E-state index is 0.0754. The lowest BCUT2D eigenvalue weighted by Crippen LogP contribution is -2.24. The molecule has 23 heavy (non-hydrogen) atoms. The van der Waals surface area contributed by atoms with Crippen LogP contribution in [-0.4, -0.2) is 32.7 Å². The Labute approximate surface area is 138 Å². The van der Waals surface area contributed by atoms with E-state index < -0.39 is 10.0 Å². The third kappa shape index (κ3) is 4.60. The number of hydrogen-bond donors (Lipinski definition) is 1.